The molecule has 0 saturated heterocycles. The van der Waals surface area contributed by atoms with Gasteiger partial charge in [-0.25, -0.2) is 4.98 Å². The molecule has 0 radical (unpaired) electrons. The van der Waals surface area contributed by atoms with Crippen LogP contribution in [0.1, 0.15) is 11.4 Å². The van der Waals surface area contributed by atoms with Crippen LogP contribution in [0.2, 0.25) is 0 Å². The Bertz CT molecular complexity index is 1040. The van der Waals surface area contributed by atoms with Crippen LogP contribution in [0.25, 0.3) is 21.9 Å². The Balaban J connectivity index is 1.40. The third kappa shape index (κ3) is 3.01. The summed E-state index contributed by atoms with van der Waals surface area (Å²) in [7, 11) is 0. The second-order valence-corrected chi connectivity index (χ2v) is 6.19. The summed E-state index contributed by atoms with van der Waals surface area (Å²) < 4.78 is 2.14. The minimum absolute atomic E-state index is 0.0341. The van der Waals surface area contributed by atoms with E-state index in [2.05, 4.69) is 25.9 Å². The molecule has 0 spiro atoms. The summed E-state index contributed by atoms with van der Waals surface area (Å²) in [5, 5.41) is 4.12. The Labute approximate surface area is 145 Å². The van der Waals surface area contributed by atoms with Crippen molar-refractivity contribution < 1.29 is 4.79 Å². The van der Waals surface area contributed by atoms with Gasteiger partial charge in [0.2, 0.25) is 5.91 Å². The van der Waals surface area contributed by atoms with E-state index in [0.717, 1.165) is 33.3 Å². The van der Waals surface area contributed by atoms with E-state index >= 15 is 0 Å². The molecule has 4 aromatic rings. The number of benzene rings is 2. The van der Waals surface area contributed by atoms with Crippen molar-refractivity contribution in [1.82, 2.24) is 19.9 Å². The second-order valence-electron chi connectivity index (χ2n) is 6.19. The summed E-state index contributed by atoms with van der Waals surface area (Å²) >= 11 is 0. The minimum Gasteiger partial charge on any atom is -0.361 e. The number of rotatable bonds is 5. The summed E-state index contributed by atoms with van der Waals surface area (Å²) in [5.41, 5.74) is 4.18. The quantitative estimate of drug-likeness (QED) is 0.589. The molecule has 2 N–H and O–H groups in total. The van der Waals surface area contributed by atoms with Gasteiger partial charge in [0.1, 0.15) is 5.82 Å². The predicted octanol–water partition coefficient (Wildman–Crippen LogP) is 3.18. The van der Waals surface area contributed by atoms with E-state index in [1.54, 1.807) is 0 Å². The Morgan fingerprint density at radius 3 is 2.88 bits per heavy atom. The largest absolute Gasteiger partial charge is 0.361 e. The van der Waals surface area contributed by atoms with E-state index in [1.165, 1.54) is 0 Å². The molecule has 0 aliphatic rings. The zero-order valence-electron chi connectivity index (χ0n) is 14.1. The third-order valence-electron chi connectivity index (χ3n) is 4.53. The van der Waals surface area contributed by atoms with Crippen molar-refractivity contribution in [1.29, 1.82) is 0 Å². The van der Waals surface area contributed by atoms with Crippen LogP contribution in [0.3, 0.4) is 0 Å². The monoisotopic (exact) mass is 332 g/mol. The lowest BCUT2D eigenvalue weighted by Crippen LogP contribution is -2.28. The molecular weight excluding hydrogens is 312 g/mol. The van der Waals surface area contributed by atoms with Gasteiger partial charge in [-0.3, -0.25) is 4.79 Å². The van der Waals surface area contributed by atoms with Gasteiger partial charge in [0, 0.05) is 30.2 Å². The molecule has 2 heterocycles. The Morgan fingerprint density at radius 2 is 1.96 bits per heavy atom. The van der Waals surface area contributed by atoms with Crippen LogP contribution in [-0.4, -0.2) is 27.0 Å². The second kappa shape index (κ2) is 6.43. The number of amides is 1. The zero-order valence-corrected chi connectivity index (χ0v) is 14.1. The van der Waals surface area contributed by atoms with Gasteiger partial charge in [-0.1, -0.05) is 30.3 Å². The number of hydrogen-bond donors (Lipinski definition) is 2. The smallest absolute Gasteiger partial charge is 0.224 e. The fourth-order valence-electron chi connectivity index (χ4n) is 3.30. The molecule has 0 saturated carbocycles. The van der Waals surface area contributed by atoms with Gasteiger partial charge in [-0.05, 0) is 30.7 Å². The molecule has 0 fully saturated rings. The molecular formula is C20H20N4O. The molecule has 0 atom stereocenters. The highest BCUT2D eigenvalue weighted by Gasteiger charge is 2.09. The number of nitrogens with zero attached hydrogens (tertiary/aromatic N) is 2. The van der Waals surface area contributed by atoms with Crippen molar-refractivity contribution in [3.05, 3.63) is 66.1 Å². The number of imidazole rings is 1. The first-order valence-corrected chi connectivity index (χ1v) is 8.46. The highest BCUT2D eigenvalue weighted by Crippen LogP contribution is 2.18. The molecule has 0 unspecified atom stereocenters. The summed E-state index contributed by atoms with van der Waals surface area (Å²) in [4.78, 5) is 20.0. The van der Waals surface area contributed by atoms with Crippen molar-refractivity contribution in [2.24, 2.45) is 0 Å². The number of aromatic amines is 1. The highest BCUT2D eigenvalue weighted by atomic mass is 16.1. The Kier molecular flexibility index (Phi) is 3.98. The van der Waals surface area contributed by atoms with Crippen molar-refractivity contribution in [2.45, 2.75) is 19.9 Å². The molecule has 0 aliphatic carbocycles. The topological polar surface area (TPSA) is 62.7 Å². The van der Waals surface area contributed by atoms with E-state index in [1.807, 2.05) is 55.6 Å². The minimum atomic E-state index is 0.0341. The number of fused-ring (bicyclic) bond motifs is 2. The first-order valence-electron chi connectivity index (χ1n) is 8.46. The maximum absolute atomic E-state index is 12.3. The number of para-hydroxylation sites is 3. The van der Waals surface area contributed by atoms with Gasteiger partial charge in [0.25, 0.3) is 0 Å². The normalized spacial score (nSPS) is 11.2. The van der Waals surface area contributed by atoms with Gasteiger partial charge in [0.05, 0.1) is 17.5 Å². The zero-order chi connectivity index (χ0) is 17.2. The molecule has 0 bridgehead atoms. The molecule has 25 heavy (non-hydrogen) atoms. The van der Waals surface area contributed by atoms with Crippen molar-refractivity contribution in [3.63, 3.8) is 0 Å². The third-order valence-corrected chi connectivity index (χ3v) is 4.53. The summed E-state index contributed by atoms with van der Waals surface area (Å²) in [6.45, 7) is 3.29. The van der Waals surface area contributed by atoms with Gasteiger partial charge in [0.15, 0.2) is 0 Å². The lowest BCUT2D eigenvalue weighted by atomic mass is 10.1. The average molecular weight is 332 g/mol. The van der Waals surface area contributed by atoms with Gasteiger partial charge in [-0.2, -0.15) is 0 Å². The van der Waals surface area contributed by atoms with Crippen LogP contribution in [0.5, 0.6) is 0 Å². The summed E-state index contributed by atoms with van der Waals surface area (Å²) in [5.74, 6) is 0.999. The van der Waals surface area contributed by atoms with Crippen LogP contribution in [-0.2, 0) is 17.8 Å². The van der Waals surface area contributed by atoms with Crippen molar-refractivity contribution in [2.75, 3.05) is 6.54 Å². The van der Waals surface area contributed by atoms with Gasteiger partial charge in [-0.15, -0.1) is 0 Å². The van der Waals surface area contributed by atoms with Crippen LogP contribution in [0.4, 0.5) is 0 Å². The first kappa shape index (κ1) is 15.4. The van der Waals surface area contributed by atoms with E-state index in [0.29, 0.717) is 19.5 Å². The van der Waals surface area contributed by atoms with Crippen molar-refractivity contribution >= 4 is 27.8 Å². The van der Waals surface area contributed by atoms with Crippen LogP contribution >= 0.6 is 0 Å². The predicted molar refractivity (Wildman–Crippen MR) is 99.5 cm³/mol. The number of hydrogen-bond acceptors (Lipinski definition) is 2. The summed E-state index contributed by atoms with van der Waals surface area (Å²) in [6.07, 6.45) is 2.30. The molecule has 1 amide bonds. The number of carbonyl (C=O) groups excluding carboxylic acids is 1. The number of nitrogens with one attached hydrogen (secondary N) is 2. The van der Waals surface area contributed by atoms with E-state index in [4.69, 9.17) is 0 Å². The first-order chi connectivity index (χ1) is 12.2. The number of aryl methyl sites for hydroxylation is 1. The van der Waals surface area contributed by atoms with E-state index < -0.39 is 0 Å². The lowest BCUT2D eigenvalue weighted by Gasteiger charge is -2.08. The number of H-pyrrole nitrogens is 1. The van der Waals surface area contributed by atoms with E-state index in [-0.39, 0.29) is 5.91 Å². The molecule has 126 valence electrons. The SMILES string of the molecule is Cc1nc2ccccc2n1CCNC(=O)Cc1c[nH]c2ccccc12. The molecule has 5 heteroatoms. The van der Waals surface area contributed by atoms with Gasteiger partial charge >= 0.3 is 0 Å². The molecule has 4 rings (SSSR count). The Hall–Kier alpha value is -3.08. The molecule has 0 aliphatic heterocycles. The number of carbonyl (C=O) groups is 1. The van der Waals surface area contributed by atoms with Crippen LogP contribution in [0.15, 0.2) is 54.7 Å². The highest BCUT2D eigenvalue weighted by molar-refractivity contribution is 5.88. The fourth-order valence-corrected chi connectivity index (χ4v) is 3.30. The van der Waals surface area contributed by atoms with Crippen LogP contribution < -0.4 is 5.32 Å². The average Bonchev–Trinajstić information content (AvgIpc) is 3.16. The van der Waals surface area contributed by atoms with Gasteiger partial charge < -0.3 is 14.9 Å². The molecule has 2 aromatic heterocycles. The van der Waals surface area contributed by atoms with E-state index in [9.17, 15) is 4.79 Å². The molecule has 5 nitrogen and oxygen atoms in total. The Morgan fingerprint density at radius 1 is 1.16 bits per heavy atom. The maximum Gasteiger partial charge on any atom is 0.224 e. The van der Waals surface area contributed by atoms with Crippen LogP contribution in [0, 0.1) is 6.92 Å². The number of aromatic nitrogens is 3. The fraction of sp³-hybridized carbons (Fsp3) is 0.200. The maximum atomic E-state index is 12.3. The standard InChI is InChI=1S/C20H20N4O/c1-14-23-18-8-4-5-9-19(18)24(14)11-10-21-20(25)12-15-13-22-17-7-3-2-6-16(15)17/h2-9,13,22H,10-12H2,1H3,(H,21,25). The lowest BCUT2D eigenvalue weighted by molar-refractivity contribution is -0.120. The van der Waals surface area contributed by atoms with Crippen molar-refractivity contribution in [3.8, 4) is 0 Å². The molecule has 2 aromatic carbocycles. The summed E-state index contributed by atoms with van der Waals surface area (Å²) in [6, 6.07) is 16.1.